The molecule has 2 rings (SSSR count). The molecule has 0 saturated heterocycles. The number of rotatable bonds is 5. The highest BCUT2D eigenvalue weighted by molar-refractivity contribution is 7.80. The number of aryl methyl sites for hydroxylation is 1. The molecule has 136 valence electrons. The van der Waals surface area contributed by atoms with Gasteiger partial charge in [0.25, 0.3) is 5.91 Å². The topological polar surface area (TPSA) is 93.4 Å². The predicted octanol–water partition coefficient (Wildman–Crippen LogP) is 3.00. The lowest BCUT2D eigenvalue weighted by Crippen LogP contribution is -2.33. The summed E-state index contributed by atoms with van der Waals surface area (Å²) in [6.45, 7) is 3.70. The van der Waals surface area contributed by atoms with Crippen LogP contribution in [0, 0.1) is 13.8 Å². The van der Waals surface area contributed by atoms with Crippen LogP contribution in [0.5, 0.6) is 5.75 Å². The van der Waals surface area contributed by atoms with E-state index in [4.69, 9.17) is 22.7 Å². The van der Waals surface area contributed by atoms with E-state index in [2.05, 4.69) is 10.6 Å². The van der Waals surface area contributed by atoms with Crippen LogP contribution in [0.15, 0.2) is 30.3 Å². The summed E-state index contributed by atoms with van der Waals surface area (Å²) in [6.07, 6.45) is 3.03. The molecule has 0 saturated carbocycles. The number of hydrogen-bond acceptors (Lipinski definition) is 5. The Kier molecular flexibility index (Phi) is 6.48. The second-order valence-electron chi connectivity index (χ2n) is 5.40. The number of primary amides is 1. The van der Waals surface area contributed by atoms with Gasteiger partial charge >= 0.3 is 0 Å². The van der Waals surface area contributed by atoms with Crippen LogP contribution in [0.2, 0.25) is 0 Å². The number of carbonyl (C=O) groups is 2. The average Bonchev–Trinajstić information content (AvgIpc) is 2.87. The van der Waals surface area contributed by atoms with Crippen molar-refractivity contribution in [3.8, 4) is 5.75 Å². The van der Waals surface area contributed by atoms with E-state index in [1.54, 1.807) is 25.3 Å². The molecule has 0 atom stereocenters. The van der Waals surface area contributed by atoms with Gasteiger partial charge in [-0.1, -0.05) is 12.1 Å². The number of methoxy groups -OCH3 is 1. The smallest absolute Gasteiger partial charge is 0.251 e. The lowest BCUT2D eigenvalue weighted by atomic mass is 10.1. The molecule has 0 bridgehead atoms. The normalized spacial score (nSPS) is 10.6. The molecule has 0 aliphatic rings. The quantitative estimate of drug-likeness (QED) is 0.540. The molecule has 0 aliphatic carbocycles. The van der Waals surface area contributed by atoms with Crippen molar-refractivity contribution in [2.75, 3.05) is 12.4 Å². The minimum absolute atomic E-state index is 0.0955. The largest absolute Gasteiger partial charge is 0.497 e. The molecule has 6 nitrogen and oxygen atoms in total. The standard InChI is InChI=1S/C18H19N3O3S2/c1-10-11(2)26-17(15(10)16(19)23)21-18(25)20-14(22)9-6-12-4-7-13(24-3)8-5-12/h4-9H,1-3H3,(H2,19,23)(H2,20,21,22,25)/b9-6+. The molecule has 0 radical (unpaired) electrons. The van der Waals surface area contributed by atoms with Gasteiger partial charge in [-0.25, -0.2) is 0 Å². The minimum atomic E-state index is -0.539. The number of nitrogens with one attached hydrogen (secondary N) is 2. The van der Waals surface area contributed by atoms with E-state index >= 15 is 0 Å². The first-order valence-electron chi connectivity index (χ1n) is 7.65. The second-order valence-corrected chi connectivity index (χ2v) is 7.03. The zero-order valence-corrected chi connectivity index (χ0v) is 16.2. The molecule has 26 heavy (non-hydrogen) atoms. The Morgan fingerprint density at radius 3 is 2.46 bits per heavy atom. The van der Waals surface area contributed by atoms with Crippen LogP contribution in [0.1, 0.15) is 26.4 Å². The molecule has 2 aromatic rings. The Bertz CT molecular complexity index is 871. The van der Waals surface area contributed by atoms with Gasteiger partial charge in [0.05, 0.1) is 12.7 Å². The Balaban J connectivity index is 1.99. The van der Waals surface area contributed by atoms with Crippen LogP contribution < -0.4 is 21.1 Å². The van der Waals surface area contributed by atoms with Gasteiger partial charge in [0.15, 0.2) is 5.11 Å². The highest BCUT2D eigenvalue weighted by Crippen LogP contribution is 2.31. The Morgan fingerprint density at radius 2 is 1.88 bits per heavy atom. The summed E-state index contributed by atoms with van der Waals surface area (Å²) in [5, 5.41) is 6.03. The zero-order chi connectivity index (χ0) is 19.3. The van der Waals surface area contributed by atoms with E-state index in [0.29, 0.717) is 10.6 Å². The lowest BCUT2D eigenvalue weighted by molar-refractivity contribution is -0.115. The first-order valence-corrected chi connectivity index (χ1v) is 8.88. The number of thiocarbonyl (C=S) groups is 1. The first kappa shape index (κ1) is 19.6. The SMILES string of the molecule is COc1ccc(/C=C/C(=O)NC(=S)Nc2sc(C)c(C)c2C(N)=O)cc1. The van der Waals surface area contributed by atoms with E-state index in [1.165, 1.54) is 17.4 Å². The van der Waals surface area contributed by atoms with Crippen molar-refractivity contribution in [3.05, 3.63) is 51.9 Å². The maximum atomic E-state index is 12.0. The summed E-state index contributed by atoms with van der Waals surface area (Å²) in [5.74, 6) is -0.185. The van der Waals surface area contributed by atoms with E-state index in [9.17, 15) is 9.59 Å². The number of amides is 2. The van der Waals surface area contributed by atoms with Gasteiger partial charge in [-0.05, 0) is 55.4 Å². The van der Waals surface area contributed by atoms with Gasteiger partial charge in [-0.15, -0.1) is 11.3 Å². The molecule has 0 unspecified atom stereocenters. The number of ether oxygens (including phenoxy) is 1. The van der Waals surface area contributed by atoms with Gasteiger partial charge in [0.2, 0.25) is 5.91 Å². The molecule has 8 heteroatoms. The van der Waals surface area contributed by atoms with Crippen molar-refractivity contribution in [3.63, 3.8) is 0 Å². The maximum absolute atomic E-state index is 12.0. The molecule has 4 N–H and O–H groups in total. The Labute approximate surface area is 161 Å². The van der Waals surface area contributed by atoms with Crippen LogP contribution in [0.25, 0.3) is 6.08 Å². The summed E-state index contributed by atoms with van der Waals surface area (Å²) >= 11 is 6.49. The Hall–Kier alpha value is -2.71. The van der Waals surface area contributed by atoms with E-state index in [-0.39, 0.29) is 11.0 Å². The number of nitrogens with two attached hydrogens (primary N) is 1. The maximum Gasteiger partial charge on any atom is 0.251 e. The fraction of sp³-hybridized carbons (Fsp3) is 0.167. The molecule has 1 aromatic carbocycles. The van der Waals surface area contributed by atoms with E-state index in [0.717, 1.165) is 21.8 Å². The van der Waals surface area contributed by atoms with E-state index in [1.807, 2.05) is 26.0 Å². The fourth-order valence-corrected chi connectivity index (χ4v) is 3.52. The van der Waals surface area contributed by atoms with Crippen LogP contribution in [0.4, 0.5) is 5.00 Å². The van der Waals surface area contributed by atoms with Gasteiger partial charge < -0.3 is 15.8 Å². The summed E-state index contributed by atoms with van der Waals surface area (Å²) in [6, 6.07) is 7.26. The third-order valence-electron chi connectivity index (χ3n) is 3.64. The third-order valence-corrected chi connectivity index (χ3v) is 4.97. The van der Waals surface area contributed by atoms with E-state index < -0.39 is 5.91 Å². The van der Waals surface area contributed by atoms with Crippen LogP contribution in [-0.2, 0) is 4.79 Å². The zero-order valence-electron chi connectivity index (χ0n) is 14.6. The van der Waals surface area contributed by atoms with Crippen LogP contribution in [0.3, 0.4) is 0 Å². The number of hydrogen-bond donors (Lipinski definition) is 3. The number of carbonyl (C=O) groups excluding carboxylic acids is 2. The molecule has 0 aliphatic heterocycles. The fourth-order valence-electron chi connectivity index (χ4n) is 2.19. The molecular formula is C18H19N3O3S2. The van der Waals surface area contributed by atoms with Gasteiger partial charge in [-0.2, -0.15) is 0 Å². The third kappa shape index (κ3) is 4.90. The number of anilines is 1. The lowest BCUT2D eigenvalue weighted by Gasteiger charge is -2.08. The van der Waals surface area contributed by atoms with Gasteiger partial charge in [0, 0.05) is 11.0 Å². The molecule has 0 fully saturated rings. The van der Waals surface area contributed by atoms with Crippen molar-refractivity contribution in [1.29, 1.82) is 0 Å². The predicted molar refractivity (Wildman–Crippen MR) is 109 cm³/mol. The highest BCUT2D eigenvalue weighted by atomic mass is 32.1. The van der Waals surface area contributed by atoms with Gasteiger partial charge in [0.1, 0.15) is 10.8 Å². The first-order chi connectivity index (χ1) is 12.3. The second kappa shape index (κ2) is 8.59. The molecule has 2 amide bonds. The monoisotopic (exact) mass is 389 g/mol. The van der Waals surface area contributed by atoms with Crippen molar-refractivity contribution < 1.29 is 14.3 Å². The molecule has 1 aromatic heterocycles. The Morgan fingerprint density at radius 1 is 1.23 bits per heavy atom. The summed E-state index contributed by atoms with van der Waals surface area (Å²) < 4.78 is 5.08. The van der Waals surface area contributed by atoms with Crippen molar-refractivity contribution in [2.24, 2.45) is 5.73 Å². The average molecular weight is 390 g/mol. The summed E-state index contributed by atoms with van der Waals surface area (Å²) in [5.41, 5.74) is 7.45. The van der Waals surface area contributed by atoms with Crippen molar-refractivity contribution in [2.45, 2.75) is 13.8 Å². The summed E-state index contributed by atoms with van der Waals surface area (Å²) in [4.78, 5) is 24.5. The minimum Gasteiger partial charge on any atom is -0.497 e. The van der Waals surface area contributed by atoms with Crippen LogP contribution in [-0.4, -0.2) is 24.0 Å². The number of benzene rings is 1. The van der Waals surface area contributed by atoms with Crippen molar-refractivity contribution in [1.82, 2.24) is 5.32 Å². The van der Waals surface area contributed by atoms with Gasteiger partial charge in [-0.3, -0.25) is 14.9 Å². The molecular weight excluding hydrogens is 370 g/mol. The molecule has 0 spiro atoms. The number of thiophene rings is 1. The van der Waals surface area contributed by atoms with Crippen molar-refractivity contribution >= 4 is 51.6 Å². The van der Waals surface area contributed by atoms with Crippen LogP contribution >= 0.6 is 23.6 Å². The molecule has 1 heterocycles. The highest BCUT2D eigenvalue weighted by Gasteiger charge is 2.18. The summed E-state index contributed by atoms with van der Waals surface area (Å²) in [7, 11) is 1.59.